The maximum atomic E-state index is 11.2. The summed E-state index contributed by atoms with van der Waals surface area (Å²) in [6, 6.07) is 4.42. The van der Waals surface area contributed by atoms with Crippen molar-refractivity contribution in [2.45, 2.75) is 25.8 Å². The number of aryl methyl sites for hydroxylation is 1. The van der Waals surface area contributed by atoms with E-state index < -0.39 is 10.8 Å². The lowest BCUT2D eigenvalue weighted by molar-refractivity contribution is 0.623. The molecule has 0 aliphatic carbocycles. The van der Waals surface area contributed by atoms with Crippen LogP contribution in [0.3, 0.4) is 0 Å². The molecule has 3 nitrogen and oxygen atoms in total. The maximum absolute atomic E-state index is 11.2. The van der Waals surface area contributed by atoms with Crippen molar-refractivity contribution in [1.29, 1.82) is 0 Å². The van der Waals surface area contributed by atoms with Gasteiger partial charge in [-0.15, -0.1) is 0 Å². The normalized spacial score (nSPS) is 25.4. The van der Waals surface area contributed by atoms with Crippen LogP contribution in [0.15, 0.2) is 16.7 Å². The lowest BCUT2D eigenvalue weighted by atomic mass is 10.1. The second-order valence-electron chi connectivity index (χ2n) is 4.03. The number of halogens is 1. The second kappa shape index (κ2) is 5.27. The van der Waals surface area contributed by atoms with Gasteiger partial charge in [0.15, 0.2) is 0 Å². The van der Waals surface area contributed by atoms with Gasteiger partial charge in [0, 0.05) is 28.3 Å². The highest BCUT2D eigenvalue weighted by atomic mass is 79.9. The van der Waals surface area contributed by atoms with Crippen molar-refractivity contribution in [3.05, 3.63) is 22.4 Å². The fraction of sp³-hybridized carbons (Fsp3) is 0.545. The monoisotopic (exact) mass is 302 g/mol. The van der Waals surface area contributed by atoms with Crippen molar-refractivity contribution >= 4 is 32.4 Å². The molecule has 1 saturated heterocycles. The van der Waals surface area contributed by atoms with E-state index in [0.29, 0.717) is 6.04 Å². The Labute approximate surface area is 107 Å². The third kappa shape index (κ3) is 3.04. The van der Waals surface area contributed by atoms with Crippen LogP contribution in [-0.2, 0) is 10.8 Å². The summed E-state index contributed by atoms with van der Waals surface area (Å²) in [5.74, 6) is 1.64. The lowest BCUT2D eigenvalue weighted by Gasteiger charge is -2.24. The van der Waals surface area contributed by atoms with E-state index in [4.69, 9.17) is 0 Å². The van der Waals surface area contributed by atoms with E-state index in [1.165, 1.54) is 0 Å². The van der Waals surface area contributed by atoms with Crippen molar-refractivity contribution in [3.8, 4) is 0 Å². The van der Waals surface area contributed by atoms with E-state index in [1.54, 1.807) is 0 Å². The number of anilines is 1. The lowest BCUT2D eigenvalue weighted by Crippen LogP contribution is -2.29. The van der Waals surface area contributed by atoms with Crippen molar-refractivity contribution in [1.82, 2.24) is 4.98 Å². The molecule has 1 N–H and O–H groups in total. The van der Waals surface area contributed by atoms with Crippen molar-refractivity contribution in [3.63, 3.8) is 0 Å². The fourth-order valence-electron chi connectivity index (χ4n) is 1.84. The summed E-state index contributed by atoms with van der Waals surface area (Å²) in [5.41, 5.74) is 2.09. The topological polar surface area (TPSA) is 42.0 Å². The highest BCUT2D eigenvalue weighted by Crippen LogP contribution is 2.20. The third-order valence-corrected chi connectivity index (χ3v) is 4.62. The molecule has 0 aromatic carbocycles. The highest BCUT2D eigenvalue weighted by Gasteiger charge is 2.18. The number of hydrogen-bond donors (Lipinski definition) is 1. The van der Waals surface area contributed by atoms with Gasteiger partial charge in [-0.1, -0.05) is 0 Å². The summed E-state index contributed by atoms with van der Waals surface area (Å²) in [5, 5.41) is 3.48. The molecule has 0 saturated carbocycles. The van der Waals surface area contributed by atoms with Gasteiger partial charge in [0.05, 0.1) is 11.4 Å². The summed E-state index contributed by atoms with van der Waals surface area (Å²) in [6.45, 7) is 1.99. The molecule has 1 fully saturated rings. The molecular formula is C11H15BrN2OS. The van der Waals surface area contributed by atoms with Gasteiger partial charge in [-0.05, 0) is 47.8 Å². The molecule has 1 aromatic heterocycles. The fourth-order valence-corrected chi connectivity index (χ4v) is 3.54. The first-order chi connectivity index (χ1) is 7.65. The molecule has 2 rings (SSSR count). The molecule has 0 radical (unpaired) electrons. The zero-order valence-corrected chi connectivity index (χ0v) is 11.6. The minimum Gasteiger partial charge on any atom is -0.381 e. The van der Waals surface area contributed by atoms with Gasteiger partial charge >= 0.3 is 0 Å². The van der Waals surface area contributed by atoms with Gasteiger partial charge in [-0.25, -0.2) is 4.98 Å². The predicted molar refractivity (Wildman–Crippen MR) is 71.2 cm³/mol. The number of aromatic nitrogens is 1. The molecule has 0 atom stereocenters. The van der Waals surface area contributed by atoms with Crippen LogP contribution in [0.2, 0.25) is 0 Å². The van der Waals surface area contributed by atoms with Gasteiger partial charge in [0.25, 0.3) is 0 Å². The molecule has 88 valence electrons. The molecule has 1 aromatic rings. The molecule has 0 bridgehead atoms. The Balaban J connectivity index is 2.01. The van der Waals surface area contributed by atoms with Crippen LogP contribution < -0.4 is 5.32 Å². The quantitative estimate of drug-likeness (QED) is 0.854. The average molecular weight is 303 g/mol. The maximum Gasteiger partial charge on any atom is 0.106 e. The standard InChI is InChI=1S/C11H15BrN2OS/c1-8-10(2-3-11(12)13-8)14-9-4-6-16(15)7-5-9/h2-3,9,14H,4-7H2,1H3. The molecule has 0 unspecified atom stereocenters. The Morgan fingerprint density at radius 1 is 1.44 bits per heavy atom. The number of pyridine rings is 1. The van der Waals surface area contributed by atoms with Crippen LogP contribution in [-0.4, -0.2) is 26.7 Å². The average Bonchev–Trinajstić information content (AvgIpc) is 2.25. The molecule has 16 heavy (non-hydrogen) atoms. The number of rotatable bonds is 2. The van der Waals surface area contributed by atoms with Crippen LogP contribution in [0.1, 0.15) is 18.5 Å². The van der Waals surface area contributed by atoms with E-state index in [0.717, 1.165) is 40.3 Å². The van der Waals surface area contributed by atoms with Crippen LogP contribution in [0, 0.1) is 6.92 Å². The Morgan fingerprint density at radius 2 is 2.12 bits per heavy atom. The van der Waals surface area contributed by atoms with E-state index in [-0.39, 0.29) is 0 Å². The smallest absolute Gasteiger partial charge is 0.106 e. The Bertz CT molecular complexity index is 401. The van der Waals surface area contributed by atoms with E-state index in [9.17, 15) is 4.21 Å². The zero-order valence-electron chi connectivity index (χ0n) is 9.20. The Hall–Kier alpha value is -0.420. The van der Waals surface area contributed by atoms with Gasteiger partial charge in [0.1, 0.15) is 4.60 Å². The van der Waals surface area contributed by atoms with E-state index in [2.05, 4.69) is 26.2 Å². The summed E-state index contributed by atoms with van der Waals surface area (Å²) in [6.07, 6.45) is 1.98. The number of nitrogens with zero attached hydrogens (tertiary/aromatic N) is 1. The van der Waals surface area contributed by atoms with Crippen LogP contribution >= 0.6 is 15.9 Å². The summed E-state index contributed by atoms with van der Waals surface area (Å²) in [7, 11) is -0.591. The summed E-state index contributed by atoms with van der Waals surface area (Å²) < 4.78 is 12.1. The Morgan fingerprint density at radius 3 is 2.75 bits per heavy atom. The second-order valence-corrected chi connectivity index (χ2v) is 6.54. The SMILES string of the molecule is Cc1nc(Br)ccc1NC1CCS(=O)CC1. The first kappa shape index (κ1) is 12.0. The molecule has 1 aliphatic heterocycles. The van der Waals surface area contributed by atoms with Gasteiger partial charge in [-0.2, -0.15) is 0 Å². The van der Waals surface area contributed by atoms with Gasteiger partial charge in [-0.3, -0.25) is 4.21 Å². The van der Waals surface area contributed by atoms with Crippen molar-refractivity contribution in [2.24, 2.45) is 0 Å². The minimum absolute atomic E-state index is 0.444. The molecule has 0 spiro atoms. The first-order valence-corrected chi connectivity index (χ1v) is 7.68. The van der Waals surface area contributed by atoms with Gasteiger partial charge < -0.3 is 5.32 Å². The third-order valence-electron chi connectivity index (χ3n) is 2.80. The van der Waals surface area contributed by atoms with E-state index in [1.807, 2.05) is 19.1 Å². The summed E-state index contributed by atoms with van der Waals surface area (Å²) >= 11 is 3.35. The molecule has 0 amide bonds. The Kier molecular flexibility index (Phi) is 3.97. The molecule has 5 heteroatoms. The van der Waals surface area contributed by atoms with Gasteiger partial charge in [0.2, 0.25) is 0 Å². The molecule has 1 aliphatic rings. The van der Waals surface area contributed by atoms with Crippen LogP contribution in [0.4, 0.5) is 5.69 Å². The minimum atomic E-state index is -0.591. The summed E-state index contributed by atoms with van der Waals surface area (Å²) in [4.78, 5) is 4.35. The van der Waals surface area contributed by atoms with Crippen LogP contribution in [0.25, 0.3) is 0 Å². The van der Waals surface area contributed by atoms with Crippen molar-refractivity contribution in [2.75, 3.05) is 16.8 Å². The molecular weight excluding hydrogens is 288 g/mol. The van der Waals surface area contributed by atoms with Crippen molar-refractivity contribution < 1.29 is 4.21 Å². The molecule has 2 heterocycles. The number of hydrogen-bond acceptors (Lipinski definition) is 3. The van der Waals surface area contributed by atoms with Crippen LogP contribution in [0.5, 0.6) is 0 Å². The number of nitrogens with one attached hydrogen (secondary N) is 1. The zero-order chi connectivity index (χ0) is 11.5. The van der Waals surface area contributed by atoms with E-state index >= 15 is 0 Å². The highest BCUT2D eigenvalue weighted by molar-refractivity contribution is 9.10. The first-order valence-electron chi connectivity index (χ1n) is 5.40. The predicted octanol–water partition coefficient (Wildman–Crippen LogP) is 2.48. The largest absolute Gasteiger partial charge is 0.381 e.